The minimum absolute atomic E-state index is 0.0886. The average molecular weight is 493 g/mol. The van der Waals surface area contributed by atoms with Gasteiger partial charge in [-0.25, -0.2) is 4.68 Å². The zero-order valence-electron chi connectivity index (χ0n) is 16.6. The van der Waals surface area contributed by atoms with E-state index in [0.717, 1.165) is 35.0 Å². The average Bonchev–Trinajstić information content (AvgIpc) is 2.67. The molecule has 0 saturated heterocycles. The van der Waals surface area contributed by atoms with Crippen LogP contribution < -0.4 is 10.9 Å². The number of rotatable bonds is 4. The second-order valence-electron chi connectivity index (χ2n) is 9.45. The largest absolute Gasteiger partial charge is 0.481 e. The normalized spacial score (nSPS) is 31.7. The molecule has 1 aromatic carbocycles. The number of aliphatic carboxylic acids is 1. The summed E-state index contributed by atoms with van der Waals surface area (Å²) in [7, 11) is 0. The molecule has 4 atom stereocenters. The van der Waals surface area contributed by atoms with Crippen LogP contribution in [0.1, 0.15) is 44.1 Å². The summed E-state index contributed by atoms with van der Waals surface area (Å²) < 4.78 is 2.50. The van der Waals surface area contributed by atoms with Crippen molar-refractivity contribution < 1.29 is 9.90 Å². The number of benzene rings is 1. The number of aryl methyl sites for hydroxylation is 1. The van der Waals surface area contributed by atoms with Gasteiger partial charge in [0, 0.05) is 10.2 Å². The van der Waals surface area contributed by atoms with Crippen molar-refractivity contribution in [2.45, 2.75) is 51.0 Å². The van der Waals surface area contributed by atoms with Gasteiger partial charge in [-0.2, -0.15) is 5.10 Å². The maximum absolute atomic E-state index is 13.3. The number of carbonyl (C=O) groups is 1. The lowest BCUT2D eigenvalue weighted by molar-refractivity contribution is -0.173. The first-order valence-corrected chi connectivity index (χ1v) is 11.4. The minimum atomic E-state index is -0.733. The van der Waals surface area contributed by atoms with E-state index < -0.39 is 16.9 Å². The summed E-state index contributed by atoms with van der Waals surface area (Å²) in [6.07, 6.45) is 6.15. The monoisotopic (exact) mass is 491 g/mol. The van der Waals surface area contributed by atoms with E-state index >= 15 is 0 Å². The van der Waals surface area contributed by atoms with Crippen LogP contribution in [0, 0.1) is 24.2 Å². The second kappa shape index (κ2) is 6.82. The number of aromatic nitrogens is 2. The van der Waals surface area contributed by atoms with Gasteiger partial charge in [-0.3, -0.25) is 9.59 Å². The quantitative estimate of drug-likeness (QED) is 0.621. The highest BCUT2D eigenvalue weighted by atomic mass is 79.9. The van der Waals surface area contributed by atoms with Crippen LogP contribution in [0.4, 0.5) is 11.4 Å². The highest BCUT2D eigenvalue weighted by molar-refractivity contribution is 9.10. The third kappa shape index (κ3) is 3.01. The van der Waals surface area contributed by atoms with Crippen molar-refractivity contribution >= 4 is 44.9 Å². The van der Waals surface area contributed by atoms with Crippen molar-refractivity contribution in [2.75, 3.05) is 5.32 Å². The number of hydrogen-bond donors (Lipinski definition) is 2. The molecule has 2 unspecified atom stereocenters. The van der Waals surface area contributed by atoms with Crippen LogP contribution in [-0.4, -0.2) is 20.9 Å². The number of carboxylic acids is 1. The molecule has 2 aromatic rings. The molecule has 2 N–H and O–H groups in total. The fraction of sp³-hybridized carbons (Fsp3) is 0.500. The molecule has 4 bridgehead atoms. The lowest BCUT2D eigenvalue weighted by Crippen LogP contribution is -2.61. The molecule has 4 fully saturated rings. The van der Waals surface area contributed by atoms with E-state index in [0.29, 0.717) is 36.8 Å². The predicted octanol–water partition coefficient (Wildman–Crippen LogP) is 5.09. The van der Waals surface area contributed by atoms with Crippen LogP contribution in [0.25, 0.3) is 0 Å². The molecule has 0 amide bonds. The Morgan fingerprint density at radius 2 is 2.00 bits per heavy atom. The number of anilines is 2. The van der Waals surface area contributed by atoms with Crippen molar-refractivity contribution in [3.8, 4) is 0 Å². The van der Waals surface area contributed by atoms with Gasteiger partial charge < -0.3 is 10.4 Å². The molecule has 6 rings (SSSR count). The molecule has 6 nitrogen and oxygen atoms in total. The Morgan fingerprint density at radius 1 is 1.30 bits per heavy atom. The highest BCUT2D eigenvalue weighted by Gasteiger charge is 2.62. The van der Waals surface area contributed by atoms with Gasteiger partial charge in [0.1, 0.15) is 5.02 Å². The molecule has 1 heterocycles. The number of carboxylic acid groups (broad SMARTS) is 1. The molecule has 4 saturated carbocycles. The third-order valence-electron chi connectivity index (χ3n) is 7.29. The first-order chi connectivity index (χ1) is 14.2. The Labute approximate surface area is 187 Å². The standard InChI is InChI=1S/C22H23BrClN3O3/c1-12-4-15(2-3-16(12)23)26-17-10-25-27(19(28)18(17)24)22-8-13-5-14(9-22)7-21(6-13,11-22)20(29)30/h2-4,10,13-14,26H,5-9,11H2,1H3,(H,29,30)/t13-,14+,21?,22?. The SMILES string of the molecule is Cc1cc(Nc2cnn(C34C[C@@H]5C[C@@H](CC(C(=O)O)(C5)C3)C4)c(=O)c2Cl)ccc1Br. The first-order valence-electron chi connectivity index (χ1n) is 10.3. The summed E-state index contributed by atoms with van der Waals surface area (Å²) in [5.41, 5.74) is 0.705. The van der Waals surface area contributed by atoms with E-state index in [1.165, 1.54) is 4.68 Å². The molecule has 8 heteroatoms. The number of nitrogens with one attached hydrogen (secondary N) is 1. The molecule has 158 valence electrons. The molecule has 4 aliphatic rings. The van der Waals surface area contributed by atoms with Crippen LogP contribution in [0.2, 0.25) is 5.02 Å². The van der Waals surface area contributed by atoms with Crippen LogP contribution in [0.15, 0.2) is 33.7 Å². The molecule has 30 heavy (non-hydrogen) atoms. The molecular formula is C22H23BrClN3O3. The Kier molecular flexibility index (Phi) is 4.56. The van der Waals surface area contributed by atoms with Crippen molar-refractivity contribution in [3.63, 3.8) is 0 Å². The summed E-state index contributed by atoms with van der Waals surface area (Å²) in [4.78, 5) is 25.4. The lowest BCUT2D eigenvalue weighted by atomic mass is 9.47. The van der Waals surface area contributed by atoms with Gasteiger partial charge in [0.05, 0.1) is 22.8 Å². The van der Waals surface area contributed by atoms with E-state index in [9.17, 15) is 14.7 Å². The summed E-state index contributed by atoms with van der Waals surface area (Å²) in [5, 5.41) is 17.8. The number of nitrogens with zero attached hydrogens (tertiary/aromatic N) is 2. The summed E-state index contributed by atoms with van der Waals surface area (Å²) in [5.74, 6) is -0.0687. The van der Waals surface area contributed by atoms with Gasteiger partial charge in [0.15, 0.2) is 0 Å². The Bertz CT molecular complexity index is 1100. The van der Waals surface area contributed by atoms with Gasteiger partial charge in [0.2, 0.25) is 0 Å². The van der Waals surface area contributed by atoms with Gasteiger partial charge in [-0.15, -0.1) is 0 Å². The molecule has 0 spiro atoms. The Balaban J connectivity index is 1.52. The van der Waals surface area contributed by atoms with E-state index in [1.54, 1.807) is 6.20 Å². The molecular weight excluding hydrogens is 470 g/mol. The highest BCUT2D eigenvalue weighted by Crippen LogP contribution is 2.63. The van der Waals surface area contributed by atoms with Gasteiger partial charge in [-0.05, 0) is 81.0 Å². The minimum Gasteiger partial charge on any atom is -0.481 e. The van der Waals surface area contributed by atoms with Crippen LogP contribution in [-0.2, 0) is 10.3 Å². The molecule has 1 aromatic heterocycles. The van der Waals surface area contributed by atoms with E-state index in [4.69, 9.17) is 11.6 Å². The van der Waals surface area contributed by atoms with E-state index in [-0.39, 0.29) is 10.6 Å². The summed E-state index contributed by atoms with van der Waals surface area (Å²) in [6, 6.07) is 5.79. The summed E-state index contributed by atoms with van der Waals surface area (Å²) >= 11 is 9.98. The molecule has 0 radical (unpaired) electrons. The van der Waals surface area contributed by atoms with E-state index in [1.807, 2.05) is 25.1 Å². The van der Waals surface area contributed by atoms with Crippen molar-refractivity contribution in [2.24, 2.45) is 17.3 Å². The first kappa shape index (κ1) is 20.1. The van der Waals surface area contributed by atoms with Gasteiger partial charge in [0.25, 0.3) is 5.56 Å². The number of hydrogen-bond acceptors (Lipinski definition) is 4. The lowest BCUT2D eigenvalue weighted by Gasteiger charge is -2.60. The Hall–Kier alpha value is -1.86. The maximum atomic E-state index is 13.3. The molecule has 0 aliphatic heterocycles. The molecule has 4 aliphatic carbocycles. The van der Waals surface area contributed by atoms with E-state index in [2.05, 4.69) is 26.3 Å². The van der Waals surface area contributed by atoms with Crippen molar-refractivity contribution in [1.29, 1.82) is 0 Å². The van der Waals surface area contributed by atoms with Gasteiger partial charge >= 0.3 is 5.97 Å². The maximum Gasteiger partial charge on any atom is 0.309 e. The zero-order chi connectivity index (χ0) is 21.3. The van der Waals surface area contributed by atoms with Crippen LogP contribution in [0.3, 0.4) is 0 Å². The fourth-order valence-electron chi connectivity index (χ4n) is 6.45. The zero-order valence-corrected chi connectivity index (χ0v) is 19.0. The summed E-state index contributed by atoms with van der Waals surface area (Å²) in [6.45, 7) is 1.98. The second-order valence-corrected chi connectivity index (χ2v) is 10.7. The van der Waals surface area contributed by atoms with Crippen LogP contribution in [0.5, 0.6) is 0 Å². The predicted molar refractivity (Wildman–Crippen MR) is 118 cm³/mol. The third-order valence-corrected chi connectivity index (χ3v) is 8.54. The topological polar surface area (TPSA) is 84.2 Å². The van der Waals surface area contributed by atoms with Crippen molar-refractivity contribution in [1.82, 2.24) is 9.78 Å². The smallest absolute Gasteiger partial charge is 0.309 e. The fourth-order valence-corrected chi connectivity index (χ4v) is 6.87. The number of halogens is 2. The Morgan fingerprint density at radius 3 is 2.63 bits per heavy atom. The van der Waals surface area contributed by atoms with Crippen molar-refractivity contribution in [3.05, 3.63) is 49.8 Å². The van der Waals surface area contributed by atoms with Crippen LogP contribution >= 0.6 is 27.5 Å². The van der Waals surface area contributed by atoms with Gasteiger partial charge in [-0.1, -0.05) is 27.5 Å².